The van der Waals surface area contributed by atoms with Crippen molar-refractivity contribution in [1.82, 2.24) is 10.2 Å². The highest BCUT2D eigenvalue weighted by molar-refractivity contribution is 6.01. The molecule has 27 heavy (non-hydrogen) atoms. The summed E-state index contributed by atoms with van der Waals surface area (Å²) in [6.45, 7) is 2.22. The summed E-state index contributed by atoms with van der Waals surface area (Å²) in [6, 6.07) is 15.2. The highest BCUT2D eigenvalue weighted by Crippen LogP contribution is 2.20. The number of nitrogens with zero attached hydrogens (tertiary/aromatic N) is 3. The number of aromatic hydroxyl groups is 1. The number of anilines is 1. The molecule has 140 valence electrons. The molecular weight excluding hydrogens is 336 g/mol. The fourth-order valence-corrected chi connectivity index (χ4v) is 3.05. The molecule has 2 aromatic carbocycles. The van der Waals surface area contributed by atoms with Gasteiger partial charge in [-0.15, -0.1) is 5.10 Å². The molecule has 5 nitrogen and oxygen atoms in total. The van der Waals surface area contributed by atoms with Crippen LogP contribution in [0.5, 0.6) is 5.75 Å². The maximum Gasteiger partial charge on any atom is 0.176 e. The molecule has 0 aliphatic heterocycles. The van der Waals surface area contributed by atoms with Crippen molar-refractivity contribution in [2.45, 2.75) is 45.4 Å². The molecule has 1 aromatic heterocycles. The van der Waals surface area contributed by atoms with E-state index in [9.17, 15) is 5.11 Å². The standard InChI is InChI=1S/C22H26N4O/c1-2-3-4-5-6-11-21(17-12-14-19(27)15-13-17)24-26-22-20-10-8-7-9-18(20)16-23-25-22/h7-10,12-16,27H,2-6,11H2,1H3,(H,25,26). The van der Waals surface area contributed by atoms with Crippen molar-refractivity contribution in [1.29, 1.82) is 0 Å². The molecule has 0 saturated heterocycles. The molecule has 0 aliphatic carbocycles. The Kier molecular flexibility index (Phi) is 6.74. The summed E-state index contributed by atoms with van der Waals surface area (Å²) < 4.78 is 0. The summed E-state index contributed by atoms with van der Waals surface area (Å²) in [4.78, 5) is 0. The molecule has 2 N–H and O–H groups in total. The Bertz CT molecular complexity index is 885. The van der Waals surface area contributed by atoms with E-state index in [1.807, 2.05) is 36.4 Å². The van der Waals surface area contributed by atoms with E-state index < -0.39 is 0 Å². The van der Waals surface area contributed by atoms with Crippen LogP contribution in [0.3, 0.4) is 0 Å². The Morgan fingerprint density at radius 3 is 2.59 bits per heavy atom. The minimum Gasteiger partial charge on any atom is -0.508 e. The van der Waals surface area contributed by atoms with Gasteiger partial charge < -0.3 is 5.11 Å². The van der Waals surface area contributed by atoms with Crippen LogP contribution in [0.2, 0.25) is 0 Å². The average molecular weight is 362 g/mol. The Balaban J connectivity index is 1.79. The van der Waals surface area contributed by atoms with Crippen molar-refractivity contribution < 1.29 is 5.11 Å². The lowest BCUT2D eigenvalue weighted by molar-refractivity contribution is 0.475. The van der Waals surface area contributed by atoms with Crippen molar-refractivity contribution in [2.75, 3.05) is 5.43 Å². The van der Waals surface area contributed by atoms with E-state index in [0.29, 0.717) is 5.82 Å². The molecule has 3 aromatic rings. The number of rotatable bonds is 9. The van der Waals surface area contributed by atoms with Gasteiger partial charge in [0.1, 0.15) is 5.75 Å². The van der Waals surface area contributed by atoms with Crippen LogP contribution in [-0.4, -0.2) is 21.0 Å². The number of hydrogen-bond acceptors (Lipinski definition) is 5. The van der Waals surface area contributed by atoms with Crippen LogP contribution in [0.4, 0.5) is 5.82 Å². The molecule has 1 heterocycles. The predicted octanol–water partition coefficient (Wildman–Crippen LogP) is 5.51. The zero-order valence-corrected chi connectivity index (χ0v) is 15.7. The quantitative estimate of drug-likeness (QED) is 0.299. The van der Waals surface area contributed by atoms with E-state index >= 15 is 0 Å². The normalized spacial score (nSPS) is 11.7. The van der Waals surface area contributed by atoms with Crippen molar-refractivity contribution in [3.63, 3.8) is 0 Å². The van der Waals surface area contributed by atoms with Gasteiger partial charge in [0.05, 0.1) is 11.9 Å². The number of phenolic OH excluding ortho intramolecular Hbond substituents is 1. The van der Waals surface area contributed by atoms with Gasteiger partial charge in [-0.1, -0.05) is 56.9 Å². The van der Waals surface area contributed by atoms with Gasteiger partial charge in [-0.05, 0) is 42.7 Å². The predicted molar refractivity (Wildman–Crippen MR) is 111 cm³/mol. The van der Waals surface area contributed by atoms with Crippen LogP contribution in [0, 0.1) is 0 Å². The van der Waals surface area contributed by atoms with Gasteiger partial charge in [0, 0.05) is 10.8 Å². The molecule has 0 fully saturated rings. The summed E-state index contributed by atoms with van der Waals surface area (Å²) in [5.74, 6) is 0.907. The molecule has 0 atom stereocenters. The molecule has 0 unspecified atom stereocenters. The molecule has 0 saturated carbocycles. The van der Waals surface area contributed by atoms with Crippen LogP contribution in [0.25, 0.3) is 10.8 Å². The zero-order valence-electron chi connectivity index (χ0n) is 15.7. The van der Waals surface area contributed by atoms with Gasteiger partial charge >= 0.3 is 0 Å². The van der Waals surface area contributed by atoms with E-state index in [1.165, 1.54) is 25.7 Å². The first-order valence-electron chi connectivity index (χ1n) is 9.60. The van der Waals surface area contributed by atoms with Gasteiger partial charge in [-0.25, -0.2) is 0 Å². The maximum absolute atomic E-state index is 9.56. The Hall–Kier alpha value is -2.95. The molecule has 0 amide bonds. The van der Waals surface area contributed by atoms with Gasteiger partial charge in [0.25, 0.3) is 0 Å². The number of nitrogens with one attached hydrogen (secondary N) is 1. The lowest BCUT2D eigenvalue weighted by Crippen LogP contribution is -2.06. The van der Waals surface area contributed by atoms with Gasteiger partial charge in [-0.2, -0.15) is 10.2 Å². The highest BCUT2D eigenvalue weighted by Gasteiger charge is 2.07. The first kappa shape index (κ1) is 18.8. The largest absolute Gasteiger partial charge is 0.508 e. The molecule has 0 spiro atoms. The number of unbranched alkanes of at least 4 members (excludes halogenated alkanes) is 4. The molecule has 3 rings (SSSR count). The highest BCUT2D eigenvalue weighted by atomic mass is 16.3. The average Bonchev–Trinajstić information content (AvgIpc) is 2.71. The van der Waals surface area contributed by atoms with E-state index in [4.69, 9.17) is 0 Å². The van der Waals surface area contributed by atoms with E-state index in [1.54, 1.807) is 18.3 Å². The van der Waals surface area contributed by atoms with Crippen molar-refractivity contribution >= 4 is 22.3 Å². The monoisotopic (exact) mass is 362 g/mol. The van der Waals surface area contributed by atoms with Gasteiger partial charge in [0.2, 0.25) is 0 Å². The number of hydrogen-bond donors (Lipinski definition) is 2. The number of benzene rings is 2. The first-order chi connectivity index (χ1) is 13.3. The van der Waals surface area contributed by atoms with E-state index in [-0.39, 0.29) is 5.75 Å². The molecule has 0 aliphatic rings. The van der Waals surface area contributed by atoms with Gasteiger partial charge in [-0.3, -0.25) is 5.43 Å². The minimum atomic E-state index is 0.258. The number of fused-ring (bicyclic) bond motifs is 1. The lowest BCUT2D eigenvalue weighted by Gasteiger charge is -2.09. The summed E-state index contributed by atoms with van der Waals surface area (Å²) in [5.41, 5.74) is 5.07. The third kappa shape index (κ3) is 5.26. The SMILES string of the molecule is CCCCCCCC(=NNc1nncc2ccccc12)c1ccc(O)cc1. The Morgan fingerprint density at radius 1 is 1.00 bits per heavy atom. The lowest BCUT2D eigenvalue weighted by atomic mass is 10.0. The third-order valence-electron chi connectivity index (χ3n) is 4.58. The maximum atomic E-state index is 9.56. The fourth-order valence-electron chi connectivity index (χ4n) is 3.05. The first-order valence-corrected chi connectivity index (χ1v) is 9.60. The van der Waals surface area contributed by atoms with Gasteiger partial charge in [0.15, 0.2) is 5.82 Å². The Morgan fingerprint density at radius 2 is 1.78 bits per heavy atom. The number of aromatic nitrogens is 2. The number of phenols is 1. The summed E-state index contributed by atoms with van der Waals surface area (Å²) in [5, 5.41) is 24.5. The second-order valence-electron chi connectivity index (χ2n) is 6.66. The fraction of sp³-hybridized carbons (Fsp3) is 0.318. The van der Waals surface area contributed by atoms with Crippen LogP contribution in [0.15, 0.2) is 59.8 Å². The molecule has 0 bridgehead atoms. The summed E-state index contributed by atoms with van der Waals surface area (Å²) in [6.07, 6.45) is 8.66. The van der Waals surface area contributed by atoms with Crippen LogP contribution < -0.4 is 5.43 Å². The van der Waals surface area contributed by atoms with E-state index in [2.05, 4.69) is 27.6 Å². The van der Waals surface area contributed by atoms with Crippen LogP contribution in [-0.2, 0) is 0 Å². The zero-order chi connectivity index (χ0) is 18.9. The summed E-state index contributed by atoms with van der Waals surface area (Å²) >= 11 is 0. The Labute approximate surface area is 160 Å². The smallest absolute Gasteiger partial charge is 0.176 e. The van der Waals surface area contributed by atoms with Crippen molar-refractivity contribution in [3.8, 4) is 5.75 Å². The second kappa shape index (κ2) is 9.67. The minimum absolute atomic E-state index is 0.258. The van der Waals surface area contributed by atoms with Crippen molar-refractivity contribution in [2.24, 2.45) is 5.10 Å². The van der Waals surface area contributed by atoms with Crippen LogP contribution in [0.1, 0.15) is 51.0 Å². The molecular formula is C22H26N4O. The topological polar surface area (TPSA) is 70.4 Å². The third-order valence-corrected chi connectivity index (χ3v) is 4.58. The van der Waals surface area contributed by atoms with E-state index in [0.717, 1.165) is 34.9 Å². The second-order valence-corrected chi connectivity index (χ2v) is 6.66. The van der Waals surface area contributed by atoms with Crippen LogP contribution >= 0.6 is 0 Å². The summed E-state index contributed by atoms with van der Waals surface area (Å²) in [7, 11) is 0. The van der Waals surface area contributed by atoms with Crippen molar-refractivity contribution in [3.05, 3.63) is 60.3 Å². The number of hydrazone groups is 1. The molecule has 5 heteroatoms. The molecule has 0 radical (unpaired) electrons.